The molecule has 2 aliphatic heterocycles. The van der Waals surface area contributed by atoms with Gasteiger partial charge in [0.1, 0.15) is 0 Å². The highest BCUT2D eigenvalue weighted by atomic mass is 16.5. The van der Waals surface area contributed by atoms with Crippen molar-refractivity contribution < 1.29 is 24.5 Å². The Hall–Kier alpha value is -2.18. The van der Waals surface area contributed by atoms with Crippen molar-refractivity contribution in [3.63, 3.8) is 0 Å². The lowest BCUT2D eigenvalue weighted by Gasteiger charge is -2.42. The largest absolute Gasteiger partial charge is 0.478 e. The van der Waals surface area contributed by atoms with Crippen LogP contribution in [0.4, 0.5) is 0 Å². The zero-order valence-electron chi connectivity index (χ0n) is 16.6. The standard InChI is InChI=1S/C18H25NO.C4H4O4/c1-13-3-4-14-12-16-7-10-20-18(16,17(14)11-13)15-5-8-19(2)9-6-15;5-3(6)1-2-4(7)8/h3-4,11,15-16H,5-10,12H2,1-2H3;1-2H,(H,5,6)(H,7,8). The minimum Gasteiger partial charge on any atom is -0.478 e. The van der Waals surface area contributed by atoms with E-state index in [1.54, 1.807) is 5.56 Å². The van der Waals surface area contributed by atoms with E-state index in [0.29, 0.717) is 18.1 Å². The van der Waals surface area contributed by atoms with Gasteiger partial charge in [0.2, 0.25) is 0 Å². The second-order valence-corrected chi connectivity index (χ2v) is 8.08. The molecule has 2 fully saturated rings. The first-order chi connectivity index (χ1) is 13.3. The van der Waals surface area contributed by atoms with Gasteiger partial charge in [-0.2, -0.15) is 0 Å². The summed E-state index contributed by atoms with van der Waals surface area (Å²) in [5.41, 5.74) is 4.53. The monoisotopic (exact) mass is 387 g/mol. The zero-order chi connectivity index (χ0) is 20.3. The Morgan fingerprint density at radius 2 is 1.75 bits per heavy atom. The van der Waals surface area contributed by atoms with Crippen LogP contribution in [0.25, 0.3) is 0 Å². The molecule has 4 rings (SSSR count). The van der Waals surface area contributed by atoms with Crippen molar-refractivity contribution in [3.05, 3.63) is 47.0 Å². The maximum absolute atomic E-state index is 9.55. The van der Waals surface area contributed by atoms with Gasteiger partial charge in [0.05, 0.1) is 5.60 Å². The molecule has 0 spiro atoms. The highest BCUT2D eigenvalue weighted by Crippen LogP contribution is 2.56. The molecular formula is C22H29NO5. The summed E-state index contributed by atoms with van der Waals surface area (Å²) >= 11 is 0. The lowest BCUT2D eigenvalue weighted by molar-refractivity contribution is -0.134. The Kier molecular flexibility index (Phi) is 6.20. The SMILES string of the molecule is Cc1ccc2c(c1)C1(C3CCN(C)CC3)OCCC1C2.O=C(O)C=CC(=O)O. The van der Waals surface area contributed by atoms with Crippen LogP contribution in [0.3, 0.4) is 0 Å². The zero-order valence-corrected chi connectivity index (χ0v) is 16.6. The normalized spacial score (nSPS) is 27.1. The summed E-state index contributed by atoms with van der Waals surface area (Å²) in [6, 6.07) is 7.03. The number of hydrogen-bond donors (Lipinski definition) is 2. The summed E-state index contributed by atoms with van der Waals surface area (Å²) in [6.45, 7) is 5.63. The van der Waals surface area contributed by atoms with Crippen molar-refractivity contribution in [1.82, 2.24) is 4.90 Å². The summed E-state index contributed by atoms with van der Waals surface area (Å²) < 4.78 is 6.50. The fourth-order valence-corrected chi connectivity index (χ4v) is 5.00. The summed E-state index contributed by atoms with van der Waals surface area (Å²) in [5.74, 6) is -1.07. The molecule has 152 valence electrons. The van der Waals surface area contributed by atoms with Gasteiger partial charge in [-0.1, -0.05) is 23.8 Å². The van der Waals surface area contributed by atoms with Gasteiger partial charge in [-0.3, -0.25) is 0 Å². The van der Waals surface area contributed by atoms with Gasteiger partial charge in [-0.05, 0) is 75.7 Å². The van der Waals surface area contributed by atoms with E-state index in [0.717, 1.165) is 12.5 Å². The number of fused-ring (bicyclic) bond motifs is 3. The van der Waals surface area contributed by atoms with Gasteiger partial charge in [-0.25, -0.2) is 9.59 Å². The molecular weight excluding hydrogens is 358 g/mol. The quantitative estimate of drug-likeness (QED) is 0.776. The third-order valence-corrected chi connectivity index (χ3v) is 6.26. The number of aliphatic carboxylic acids is 2. The molecule has 2 unspecified atom stereocenters. The van der Waals surface area contributed by atoms with Gasteiger partial charge < -0.3 is 19.8 Å². The third kappa shape index (κ3) is 4.13. The van der Waals surface area contributed by atoms with Crippen LogP contribution in [0.5, 0.6) is 0 Å². The lowest BCUT2D eigenvalue weighted by atomic mass is 9.72. The first-order valence-corrected chi connectivity index (χ1v) is 9.89. The molecule has 0 radical (unpaired) electrons. The van der Waals surface area contributed by atoms with Gasteiger partial charge in [0.25, 0.3) is 0 Å². The third-order valence-electron chi connectivity index (χ3n) is 6.26. The van der Waals surface area contributed by atoms with Crippen molar-refractivity contribution in [3.8, 4) is 0 Å². The number of rotatable bonds is 3. The Morgan fingerprint density at radius 1 is 1.11 bits per heavy atom. The molecule has 2 heterocycles. The highest BCUT2D eigenvalue weighted by molar-refractivity contribution is 5.89. The van der Waals surface area contributed by atoms with Crippen LogP contribution in [-0.2, 0) is 26.3 Å². The number of aryl methyl sites for hydroxylation is 1. The molecule has 1 aromatic rings. The van der Waals surface area contributed by atoms with Crippen molar-refractivity contribution in [2.24, 2.45) is 11.8 Å². The second kappa shape index (κ2) is 8.45. The number of ether oxygens (including phenoxy) is 1. The van der Waals surface area contributed by atoms with Crippen LogP contribution in [0.15, 0.2) is 30.4 Å². The van der Waals surface area contributed by atoms with Gasteiger partial charge >= 0.3 is 11.9 Å². The van der Waals surface area contributed by atoms with E-state index in [2.05, 4.69) is 37.1 Å². The molecule has 3 aliphatic rings. The summed E-state index contributed by atoms with van der Waals surface area (Å²) in [5, 5.41) is 15.6. The van der Waals surface area contributed by atoms with Crippen molar-refractivity contribution in [2.45, 2.75) is 38.2 Å². The Balaban J connectivity index is 0.000000242. The number of nitrogens with zero attached hydrogens (tertiary/aromatic N) is 1. The summed E-state index contributed by atoms with van der Waals surface area (Å²) in [7, 11) is 2.24. The average molecular weight is 387 g/mol. The van der Waals surface area contributed by atoms with E-state index in [-0.39, 0.29) is 5.60 Å². The fraction of sp³-hybridized carbons (Fsp3) is 0.545. The maximum atomic E-state index is 9.55. The number of piperidine rings is 1. The van der Waals surface area contributed by atoms with Gasteiger partial charge in [-0.15, -0.1) is 0 Å². The number of likely N-dealkylation sites (tertiary alicyclic amines) is 1. The molecule has 1 aromatic carbocycles. The first-order valence-electron chi connectivity index (χ1n) is 9.89. The van der Waals surface area contributed by atoms with E-state index in [1.807, 2.05) is 0 Å². The predicted octanol–water partition coefficient (Wildman–Crippen LogP) is 2.84. The van der Waals surface area contributed by atoms with Crippen LogP contribution in [-0.4, -0.2) is 53.8 Å². The van der Waals surface area contributed by atoms with Crippen molar-refractivity contribution in [2.75, 3.05) is 26.7 Å². The topological polar surface area (TPSA) is 87.1 Å². The number of hydrogen-bond acceptors (Lipinski definition) is 4. The van der Waals surface area contributed by atoms with Crippen LogP contribution in [0.1, 0.15) is 36.0 Å². The summed E-state index contributed by atoms with van der Waals surface area (Å²) in [6.07, 6.45) is 6.19. The number of carboxylic acids is 2. The number of benzene rings is 1. The molecule has 0 amide bonds. The molecule has 6 nitrogen and oxygen atoms in total. The fourth-order valence-electron chi connectivity index (χ4n) is 5.00. The Labute approximate surface area is 165 Å². The molecule has 2 atom stereocenters. The molecule has 1 aliphatic carbocycles. The Bertz CT molecular complexity index is 750. The molecule has 0 saturated carbocycles. The van der Waals surface area contributed by atoms with Crippen LogP contribution in [0, 0.1) is 18.8 Å². The van der Waals surface area contributed by atoms with Crippen LogP contribution in [0.2, 0.25) is 0 Å². The molecule has 0 aromatic heterocycles. The number of carboxylic acid groups (broad SMARTS) is 2. The Morgan fingerprint density at radius 3 is 2.36 bits per heavy atom. The number of carbonyl (C=O) groups is 2. The molecule has 2 saturated heterocycles. The van der Waals surface area contributed by atoms with Gasteiger partial charge in [0, 0.05) is 18.8 Å². The van der Waals surface area contributed by atoms with Gasteiger partial charge in [0.15, 0.2) is 0 Å². The predicted molar refractivity (Wildman–Crippen MR) is 105 cm³/mol. The first kappa shape index (κ1) is 20.6. The van der Waals surface area contributed by atoms with E-state index in [4.69, 9.17) is 14.9 Å². The maximum Gasteiger partial charge on any atom is 0.328 e. The van der Waals surface area contributed by atoms with E-state index >= 15 is 0 Å². The molecule has 28 heavy (non-hydrogen) atoms. The molecule has 6 heteroatoms. The van der Waals surface area contributed by atoms with E-state index in [9.17, 15) is 9.59 Å². The minimum atomic E-state index is -1.26. The highest BCUT2D eigenvalue weighted by Gasteiger charge is 2.55. The van der Waals surface area contributed by atoms with E-state index in [1.165, 1.54) is 49.9 Å². The molecule has 2 N–H and O–H groups in total. The summed E-state index contributed by atoms with van der Waals surface area (Å²) in [4.78, 5) is 21.6. The van der Waals surface area contributed by atoms with Crippen LogP contribution < -0.4 is 0 Å². The van der Waals surface area contributed by atoms with Crippen LogP contribution >= 0.6 is 0 Å². The average Bonchev–Trinajstić information content (AvgIpc) is 3.19. The van der Waals surface area contributed by atoms with Crippen molar-refractivity contribution in [1.29, 1.82) is 0 Å². The van der Waals surface area contributed by atoms with E-state index < -0.39 is 11.9 Å². The lowest BCUT2D eigenvalue weighted by Crippen LogP contribution is -2.44. The smallest absolute Gasteiger partial charge is 0.328 e. The molecule has 0 bridgehead atoms. The second-order valence-electron chi connectivity index (χ2n) is 8.08. The van der Waals surface area contributed by atoms with Crippen molar-refractivity contribution >= 4 is 11.9 Å². The minimum absolute atomic E-state index is 0.0581.